The van der Waals surface area contributed by atoms with Crippen LogP contribution in [0.3, 0.4) is 0 Å². The van der Waals surface area contributed by atoms with Gasteiger partial charge in [0.1, 0.15) is 0 Å². The van der Waals surface area contributed by atoms with E-state index in [9.17, 15) is 0 Å². The molecule has 3 aliphatic rings. The largest absolute Gasteiger partial charge is 0.378 e. The van der Waals surface area contributed by atoms with Crippen molar-refractivity contribution >= 4 is 28.2 Å². The molecule has 1 N–H and O–H groups in total. The van der Waals surface area contributed by atoms with Gasteiger partial charge in [-0.25, -0.2) is 0 Å². The van der Waals surface area contributed by atoms with E-state index in [1.165, 1.54) is 59.6 Å². The average Bonchev–Trinajstić information content (AvgIpc) is 3.25. The second-order valence-electron chi connectivity index (χ2n) is 10.1. The number of hydrogen-bond donors (Lipinski definition) is 1. The molecule has 0 saturated carbocycles. The van der Waals surface area contributed by atoms with Crippen molar-refractivity contribution in [2.75, 3.05) is 5.32 Å². The van der Waals surface area contributed by atoms with Gasteiger partial charge in [-0.2, -0.15) is 0 Å². The van der Waals surface area contributed by atoms with Crippen molar-refractivity contribution in [2.24, 2.45) is 0 Å². The van der Waals surface area contributed by atoms with Crippen LogP contribution in [0.25, 0.3) is 21.9 Å². The molecule has 1 nitrogen and oxygen atoms in total. The zero-order valence-electron chi connectivity index (χ0n) is 20.3. The van der Waals surface area contributed by atoms with Crippen LogP contribution in [-0.2, 0) is 5.41 Å². The van der Waals surface area contributed by atoms with Gasteiger partial charge >= 0.3 is 0 Å². The zero-order valence-corrected chi connectivity index (χ0v) is 21.1. The summed E-state index contributed by atoms with van der Waals surface area (Å²) in [5.41, 5.74) is 9.09. The van der Waals surface area contributed by atoms with Gasteiger partial charge in [0.25, 0.3) is 0 Å². The number of fused-ring (bicyclic) bond motifs is 11. The summed E-state index contributed by atoms with van der Waals surface area (Å²) < 4.78 is 0. The number of anilines is 1. The summed E-state index contributed by atoms with van der Waals surface area (Å²) in [7, 11) is 0. The van der Waals surface area contributed by atoms with E-state index in [4.69, 9.17) is 0 Å². The number of rotatable bonds is 2. The highest BCUT2D eigenvalue weighted by molar-refractivity contribution is 7.99. The van der Waals surface area contributed by atoms with Crippen molar-refractivity contribution in [1.82, 2.24) is 0 Å². The number of hydrogen-bond acceptors (Lipinski definition) is 2. The lowest BCUT2D eigenvalue weighted by Crippen LogP contribution is -2.32. The molecule has 5 aromatic rings. The SMILES string of the molecule is C1=CCC(Nc2cc3c(c4ccccc24)-c2ccccc2C32c3ccccc3Sc3ccccc32)C=C1. The summed E-state index contributed by atoms with van der Waals surface area (Å²) in [5.74, 6) is 0. The number of allylic oxidation sites excluding steroid dienone is 2. The van der Waals surface area contributed by atoms with Gasteiger partial charge in [-0.1, -0.05) is 121 Å². The summed E-state index contributed by atoms with van der Waals surface area (Å²) in [4.78, 5) is 2.68. The molecule has 1 unspecified atom stereocenters. The van der Waals surface area contributed by atoms with Crippen LogP contribution in [0.2, 0.25) is 0 Å². The lowest BCUT2D eigenvalue weighted by Gasteiger charge is -2.40. The Bertz CT molecular complexity index is 1730. The maximum absolute atomic E-state index is 3.91. The van der Waals surface area contributed by atoms with Gasteiger partial charge < -0.3 is 5.32 Å². The molecule has 0 radical (unpaired) electrons. The molecular weight excluding hydrogens is 466 g/mol. The maximum Gasteiger partial charge on any atom is 0.0736 e. The van der Waals surface area contributed by atoms with E-state index in [1.54, 1.807) is 0 Å². The van der Waals surface area contributed by atoms with Crippen molar-refractivity contribution in [3.05, 3.63) is 150 Å². The van der Waals surface area contributed by atoms with Crippen molar-refractivity contribution < 1.29 is 0 Å². The first-order valence-corrected chi connectivity index (χ1v) is 13.8. The van der Waals surface area contributed by atoms with Crippen molar-refractivity contribution in [3.63, 3.8) is 0 Å². The van der Waals surface area contributed by atoms with E-state index in [-0.39, 0.29) is 11.5 Å². The molecule has 1 heterocycles. The molecule has 0 saturated heterocycles. The predicted molar refractivity (Wildman–Crippen MR) is 156 cm³/mol. The zero-order chi connectivity index (χ0) is 24.4. The quantitative estimate of drug-likeness (QED) is 0.259. The van der Waals surface area contributed by atoms with Gasteiger partial charge in [0, 0.05) is 26.9 Å². The molecule has 0 bridgehead atoms. The van der Waals surface area contributed by atoms with E-state index in [0.717, 1.165) is 6.42 Å². The van der Waals surface area contributed by atoms with Crippen molar-refractivity contribution in [1.29, 1.82) is 0 Å². The van der Waals surface area contributed by atoms with Gasteiger partial charge in [0.05, 0.1) is 5.41 Å². The first-order chi connectivity index (χ1) is 18.4. The van der Waals surface area contributed by atoms with Crippen LogP contribution in [-0.4, -0.2) is 6.04 Å². The lowest BCUT2D eigenvalue weighted by molar-refractivity contribution is 0.722. The summed E-state index contributed by atoms with van der Waals surface area (Å²) in [6.07, 6.45) is 9.80. The van der Waals surface area contributed by atoms with Crippen LogP contribution < -0.4 is 5.32 Å². The Morgan fingerprint density at radius 3 is 2.03 bits per heavy atom. The molecule has 5 aromatic carbocycles. The number of nitrogens with one attached hydrogen (secondary N) is 1. The molecule has 0 aromatic heterocycles. The van der Waals surface area contributed by atoms with Crippen LogP contribution in [0.5, 0.6) is 0 Å². The van der Waals surface area contributed by atoms with Gasteiger partial charge in [0.15, 0.2) is 0 Å². The third-order valence-electron chi connectivity index (χ3n) is 8.17. The Hall–Kier alpha value is -4.01. The topological polar surface area (TPSA) is 12.0 Å². The number of benzene rings is 5. The minimum atomic E-state index is -0.354. The molecular formula is C35H25NS. The van der Waals surface area contributed by atoms with Crippen LogP contribution in [0.15, 0.2) is 137 Å². The summed E-state index contributed by atoms with van der Waals surface area (Å²) >= 11 is 1.90. The van der Waals surface area contributed by atoms with Crippen LogP contribution in [0, 0.1) is 0 Å². The van der Waals surface area contributed by atoms with E-state index in [1.807, 2.05) is 11.8 Å². The minimum Gasteiger partial charge on any atom is -0.378 e. The van der Waals surface area contributed by atoms with Gasteiger partial charge in [0.2, 0.25) is 0 Å². The third kappa shape index (κ3) is 2.88. The molecule has 1 spiro atoms. The fourth-order valence-electron chi connectivity index (χ4n) is 6.72. The Balaban J connectivity index is 1.52. The van der Waals surface area contributed by atoms with Crippen LogP contribution in [0.4, 0.5) is 5.69 Å². The maximum atomic E-state index is 3.91. The standard InChI is InChI=1S/C35H25NS/c1-2-12-23(13-3-1)36-31-22-30-34(25-15-5-4-14-24(25)31)26-16-6-7-17-27(26)35(30)28-18-8-10-20-32(28)37-33-21-11-9-19-29(33)35/h1-12,14-23,36H,13H2. The molecule has 0 amide bonds. The minimum absolute atomic E-state index is 0.285. The smallest absolute Gasteiger partial charge is 0.0736 e. The third-order valence-corrected chi connectivity index (χ3v) is 9.32. The summed E-state index contributed by atoms with van der Waals surface area (Å²) in [5, 5.41) is 6.50. The van der Waals surface area contributed by atoms with E-state index >= 15 is 0 Å². The highest BCUT2D eigenvalue weighted by Gasteiger charge is 2.50. The normalized spacial score (nSPS) is 17.8. The highest BCUT2D eigenvalue weighted by Crippen LogP contribution is 2.63. The van der Waals surface area contributed by atoms with Crippen LogP contribution >= 0.6 is 11.8 Å². The second-order valence-corrected chi connectivity index (χ2v) is 11.2. The average molecular weight is 492 g/mol. The Labute approximate surface area is 221 Å². The Kier molecular flexibility index (Phi) is 4.56. The van der Waals surface area contributed by atoms with E-state index < -0.39 is 0 Å². The molecule has 0 fully saturated rings. The van der Waals surface area contributed by atoms with Crippen molar-refractivity contribution in [3.8, 4) is 11.1 Å². The molecule has 2 heteroatoms. The molecule has 1 aliphatic heterocycles. The van der Waals surface area contributed by atoms with E-state index in [2.05, 4.69) is 133 Å². The fourth-order valence-corrected chi connectivity index (χ4v) is 7.91. The highest BCUT2D eigenvalue weighted by atomic mass is 32.2. The van der Waals surface area contributed by atoms with Gasteiger partial charge in [-0.3, -0.25) is 0 Å². The van der Waals surface area contributed by atoms with Gasteiger partial charge in [-0.05, 0) is 63.4 Å². The van der Waals surface area contributed by atoms with Crippen molar-refractivity contribution in [2.45, 2.75) is 27.7 Å². The van der Waals surface area contributed by atoms with E-state index in [0.29, 0.717) is 0 Å². The van der Waals surface area contributed by atoms with Gasteiger partial charge in [-0.15, -0.1) is 0 Å². The molecule has 176 valence electrons. The first kappa shape index (κ1) is 21.1. The predicted octanol–water partition coefficient (Wildman–Crippen LogP) is 8.96. The monoisotopic (exact) mass is 491 g/mol. The Morgan fingerprint density at radius 1 is 0.649 bits per heavy atom. The molecule has 8 rings (SSSR count). The lowest BCUT2D eigenvalue weighted by atomic mass is 9.67. The first-order valence-electron chi connectivity index (χ1n) is 13.0. The molecule has 1 atom stereocenters. The molecule has 2 aliphatic carbocycles. The van der Waals surface area contributed by atoms with Crippen LogP contribution in [0.1, 0.15) is 28.7 Å². The second kappa shape index (κ2) is 7.99. The fraction of sp³-hybridized carbons (Fsp3) is 0.0857. The Morgan fingerprint density at radius 2 is 1.30 bits per heavy atom. The summed E-state index contributed by atoms with van der Waals surface area (Å²) in [6, 6.07) is 38.8. The molecule has 37 heavy (non-hydrogen) atoms. The summed E-state index contributed by atoms with van der Waals surface area (Å²) in [6.45, 7) is 0.